The minimum atomic E-state index is 0.149. The molecule has 1 aromatic carbocycles. The zero-order chi connectivity index (χ0) is 18.5. The Morgan fingerprint density at radius 1 is 1.31 bits per heavy atom. The quantitative estimate of drug-likeness (QED) is 0.743. The van der Waals surface area contributed by atoms with Crippen LogP contribution in [0.15, 0.2) is 35.0 Å². The maximum atomic E-state index is 12.7. The molecule has 1 amide bonds. The average Bonchev–Trinajstić information content (AvgIpc) is 3.33. The van der Waals surface area contributed by atoms with Crippen LogP contribution >= 0.6 is 11.3 Å². The molecule has 0 unspecified atom stereocenters. The smallest absolute Gasteiger partial charge is 0.236 e. The van der Waals surface area contributed by atoms with Gasteiger partial charge in [-0.05, 0) is 47.8 Å². The number of methoxy groups -OCH3 is 2. The maximum absolute atomic E-state index is 12.7. The molecule has 1 aliphatic rings. The summed E-state index contributed by atoms with van der Waals surface area (Å²) in [5, 5.41) is 4.13. The van der Waals surface area contributed by atoms with Gasteiger partial charge < -0.3 is 14.4 Å². The first-order valence-corrected chi connectivity index (χ1v) is 9.77. The number of likely N-dealkylation sites (tertiary alicyclic amines) is 1. The van der Waals surface area contributed by atoms with Crippen molar-refractivity contribution >= 4 is 17.2 Å². The zero-order valence-electron chi connectivity index (χ0n) is 15.6. The average molecular weight is 375 g/mol. The Morgan fingerprint density at radius 2 is 2.15 bits per heavy atom. The number of hydrogen-bond acceptors (Lipinski definition) is 5. The largest absolute Gasteiger partial charge is 0.497 e. The second-order valence-corrected chi connectivity index (χ2v) is 7.40. The fourth-order valence-corrected chi connectivity index (χ4v) is 4.16. The molecule has 1 saturated heterocycles. The summed E-state index contributed by atoms with van der Waals surface area (Å²) < 4.78 is 10.9. The zero-order valence-corrected chi connectivity index (χ0v) is 16.4. The van der Waals surface area contributed by atoms with Gasteiger partial charge in [-0.3, -0.25) is 9.69 Å². The molecule has 0 saturated carbocycles. The number of rotatable bonds is 7. The molecule has 3 rings (SSSR count). The molecule has 0 aliphatic carbocycles. The number of ether oxygens (including phenoxy) is 2. The molecule has 1 aliphatic heterocycles. The van der Waals surface area contributed by atoms with E-state index in [9.17, 15) is 4.79 Å². The summed E-state index contributed by atoms with van der Waals surface area (Å²) >= 11 is 1.66. The van der Waals surface area contributed by atoms with Crippen LogP contribution in [-0.4, -0.2) is 50.1 Å². The van der Waals surface area contributed by atoms with Crippen molar-refractivity contribution in [2.24, 2.45) is 0 Å². The van der Waals surface area contributed by atoms with Gasteiger partial charge >= 0.3 is 0 Å². The Hall–Kier alpha value is -2.05. The van der Waals surface area contributed by atoms with Crippen LogP contribution < -0.4 is 9.47 Å². The maximum Gasteiger partial charge on any atom is 0.236 e. The highest BCUT2D eigenvalue weighted by atomic mass is 32.1. The van der Waals surface area contributed by atoms with E-state index < -0.39 is 0 Å². The third-order valence-corrected chi connectivity index (χ3v) is 5.66. The molecule has 26 heavy (non-hydrogen) atoms. The van der Waals surface area contributed by atoms with Gasteiger partial charge in [-0.25, -0.2) is 0 Å². The van der Waals surface area contributed by atoms with Crippen LogP contribution in [0.25, 0.3) is 0 Å². The lowest BCUT2D eigenvalue weighted by Crippen LogP contribution is -2.37. The number of benzene rings is 1. The van der Waals surface area contributed by atoms with Gasteiger partial charge in [0.25, 0.3) is 0 Å². The third-order valence-electron chi connectivity index (χ3n) is 4.93. The molecule has 0 radical (unpaired) electrons. The minimum absolute atomic E-state index is 0.149. The van der Waals surface area contributed by atoms with E-state index >= 15 is 0 Å². The number of amides is 1. The molecular formula is C20H26N2O3S. The summed E-state index contributed by atoms with van der Waals surface area (Å²) in [6.07, 6.45) is 2.12. The van der Waals surface area contributed by atoms with Crippen molar-refractivity contribution in [2.75, 3.05) is 34.4 Å². The van der Waals surface area contributed by atoms with Crippen LogP contribution in [0.2, 0.25) is 0 Å². The van der Waals surface area contributed by atoms with E-state index in [4.69, 9.17) is 9.47 Å². The number of likely N-dealkylation sites (N-methyl/N-ethyl adjacent to an activating group) is 1. The van der Waals surface area contributed by atoms with Crippen LogP contribution in [0.5, 0.6) is 11.5 Å². The number of thiophene rings is 1. The highest BCUT2D eigenvalue weighted by Gasteiger charge is 2.30. The first-order valence-electron chi connectivity index (χ1n) is 8.83. The molecule has 6 heteroatoms. The van der Waals surface area contributed by atoms with Crippen molar-refractivity contribution in [3.8, 4) is 11.5 Å². The standard InChI is InChI=1S/C20H26N2O3S/c1-21(12-15-8-10-26-14-15)20(23)13-22-9-4-5-18(22)17-7-6-16(24-2)11-19(17)25-3/h6-8,10-11,14,18H,4-5,9,12-13H2,1-3H3/t18-/m1/s1. The number of hydrogen-bond donors (Lipinski definition) is 0. The molecular weight excluding hydrogens is 348 g/mol. The lowest BCUT2D eigenvalue weighted by atomic mass is 10.0. The van der Waals surface area contributed by atoms with Gasteiger partial charge in [-0.15, -0.1) is 0 Å². The third kappa shape index (κ3) is 4.19. The van der Waals surface area contributed by atoms with Crippen molar-refractivity contribution in [1.82, 2.24) is 9.80 Å². The Kier molecular flexibility index (Phi) is 6.16. The normalized spacial score (nSPS) is 17.3. The number of carbonyl (C=O) groups excluding carboxylic acids is 1. The van der Waals surface area contributed by atoms with Gasteiger partial charge in [-0.1, -0.05) is 6.07 Å². The van der Waals surface area contributed by atoms with Crippen molar-refractivity contribution in [2.45, 2.75) is 25.4 Å². The molecule has 0 spiro atoms. The Bertz CT molecular complexity index is 733. The van der Waals surface area contributed by atoms with Gasteiger partial charge in [0.1, 0.15) is 11.5 Å². The summed E-state index contributed by atoms with van der Waals surface area (Å²) in [5.74, 6) is 1.75. The molecule has 1 fully saturated rings. The monoisotopic (exact) mass is 374 g/mol. The molecule has 2 heterocycles. The van der Waals surface area contributed by atoms with E-state index in [0.717, 1.165) is 36.4 Å². The van der Waals surface area contributed by atoms with Gasteiger partial charge in [0, 0.05) is 31.3 Å². The minimum Gasteiger partial charge on any atom is -0.497 e. The van der Waals surface area contributed by atoms with Crippen molar-refractivity contribution < 1.29 is 14.3 Å². The summed E-state index contributed by atoms with van der Waals surface area (Å²) in [4.78, 5) is 16.8. The predicted octanol–water partition coefficient (Wildman–Crippen LogP) is 3.56. The summed E-state index contributed by atoms with van der Waals surface area (Å²) in [6, 6.07) is 8.19. The van der Waals surface area contributed by atoms with Crippen LogP contribution in [-0.2, 0) is 11.3 Å². The lowest BCUT2D eigenvalue weighted by molar-refractivity contribution is -0.131. The van der Waals surface area contributed by atoms with E-state index in [1.807, 2.05) is 29.5 Å². The highest BCUT2D eigenvalue weighted by Crippen LogP contribution is 2.38. The molecule has 0 N–H and O–H groups in total. The van der Waals surface area contributed by atoms with Gasteiger partial charge in [0.15, 0.2) is 0 Å². The molecule has 1 aromatic heterocycles. The second kappa shape index (κ2) is 8.56. The number of carbonyl (C=O) groups is 1. The highest BCUT2D eigenvalue weighted by molar-refractivity contribution is 7.07. The first kappa shape index (κ1) is 18.7. The molecule has 140 valence electrons. The molecule has 2 aromatic rings. The fraction of sp³-hybridized carbons (Fsp3) is 0.450. The van der Waals surface area contributed by atoms with Crippen LogP contribution in [0.3, 0.4) is 0 Å². The van der Waals surface area contributed by atoms with E-state index in [1.54, 1.807) is 25.6 Å². The van der Waals surface area contributed by atoms with E-state index in [2.05, 4.69) is 22.4 Å². The predicted molar refractivity (Wildman–Crippen MR) is 104 cm³/mol. The van der Waals surface area contributed by atoms with E-state index in [1.165, 1.54) is 5.56 Å². The lowest BCUT2D eigenvalue weighted by Gasteiger charge is -2.27. The van der Waals surface area contributed by atoms with Crippen molar-refractivity contribution in [1.29, 1.82) is 0 Å². The molecule has 1 atom stereocenters. The Morgan fingerprint density at radius 3 is 2.85 bits per heavy atom. The van der Waals surface area contributed by atoms with Gasteiger partial charge in [-0.2, -0.15) is 11.3 Å². The number of nitrogens with zero attached hydrogens (tertiary/aromatic N) is 2. The van der Waals surface area contributed by atoms with E-state index in [0.29, 0.717) is 13.1 Å². The molecule has 0 bridgehead atoms. The summed E-state index contributed by atoms with van der Waals surface area (Å²) in [5.41, 5.74) is 2.31. The Labute approximate surface area is 159 Å². The van der Waals surface area contributed by atoms with Crippen LogP contribution in [0.1, 0.15) is 30.0 Å². The topological polar surface area (TPSA) is 42.0 Å². The Balaban J connectivity index is 1.69. The van der Waals surface area contributed by atoms with Crippen LogP contribution in [0, 0.1) is 0 Å². The van der Waals surface area contributed by atoms with E-state index in [-0.39, 0.29) is 11.9 Å². The SMILES string of the molecule is COc1ccc([C@H]2CCCN2CC(=O)N(C)Cc2ccsc2)c(OC)c1. The van der Waals surface area contributed by atoms with Gasteiger partial charge in [0.2, 0.25) is 5.91 Å². The van der Waals surface area contributed by atoms with Crippen LogP contribution in [0.4, 0.5) is 0 Å². The van der Waals surface area contributed by atoms with Crippen molar-refractivity contribution in [3.05, 3.63) is 46.2 Å². The fourth-order valence-electron chi connectivity index (χ4n) is 3.50. The summed E-state index contributed by atoms with van der Waals surface area (Å²) in [6.45, 7) is 2.02. The molecule has 5 nitrogen and oxygen atoms in total. The summed E-state index contributed by atoms with van der Waals surface area (Å²) in [7, 11) is 5.20. The first-order chi connectivity index (χ1) is 12.6. The van der Waals surface area contributed by atoms with Crippen molar-refractivity contribution in [3.63, 3.8) is 0 Å². The van der Waals surface area contributed by atoms with Gasteiger partial charge in [0.05, 0.1) is 20.8 Å². The second-order valence-electron chi connectivity index (χ2n) is 6.62.